The van der Waals surface area contributed by atoms with Crippen molar-refractivity contribution < 1.29 is 14.7 Å². The number of carboxylic acid groups (broad SMARTS) is 1. The third-order valence-electron chi connectivity index (χ3n) is 3.43. The van der Waals surface area contributed by atoms with Gasteiger partial charge in [-0.25, -0.2) is 4.79 Å². The summed E-state index contributed by atoms with van der Waals surface area (Å²) in [6.07, 6.45) is 3.59. The van der Waals surface area contributed by atoms with Crippen LogP contribution in [0.5, 0.6) is 0 Å². The lowest BCUT2D eigenvalue weighted by molar-refractivity contribution is -0.118. The molecule has 6 heteroatoms. The van der Waals surface area contributed by atoms with Crippen molar-refractivity contribution >= 4 is 23.3 Å². The Bertz CT molecular complexity index is 504. The minimum absolute atomic E-state index is 0.0431. The van der Waals surface area contributed by atoms with Gasteiger partial charge in [0, 0.05) is 13.2 Å². The van der Waals surface area contributed by atoms with Crippen LogP contribution in [0.2, 0.25) is 0 Å². The van der Waals surface area contributed by atoms with E-state index in [1.54, 1.807) is 11.9 Å². The second kappa shape index (κ2) is 3.26. The topological polar surface area (TPSA) is 85.4 Å². The summed E-state index contributed by atoms with van der Waals surface area (Å²) in [6, 6.07) is -0.239. The summed E-state index contributed by atoms with van der Waals surface area (Å²) < 4.78 is 0. The molecule has 0 bridgehead atoms. The van der Waals surface area contributed by atoms with Gasteiger partial charge in [0.25, 0.3) is 0 Å². The molecule has 3 rings (SSSR count). The number of likely N-dealkylation sites (N-methyl/N-ethyl adjacent to an activating group) is 1. The molecule has 1 aliphatic heterocycles. The van der Waals surface area contributed by atoms with E-state index in [0.717, 1.165) is 12.8 Å². The summed E-state index contributed by atoms with van der Waals surface area (Å²) >= 11 is 0. The molecule has 1 amide bonds. The first kappa shape index (κ1) is 10.2. The van der Waals surface area contributed by atoms with Crippen LogP contribution in [0.25, 0.3) is 0 Å². The van der Waals surface area contributed by atoms with E-state index in [1.165, 1.54) is 6.20 Å². The van der Waals surface area contributed by atoms with Crippen LogP contribution in [0.4, 0.5) is 11.4 Å². The minimum atomic E-state index is -1.01. The van der Waals surface area contributed by atoms with Gasteiger partial charge in [0.15, 0.2) is 5.69 Å². The van der Waals surface area contributed by atoms with Crippen LogP contribution in [0.1, 0.15) is 23.3 Å². The van der Waals surface area contributed by atoms with Crippen molar-refractivity contribution in [3.63, 3.8) is 0 Å². The van der Waals surface area contributed by atoms with E-state index >= 15 is 0 Å². The number of aromatic carboxylic acids is 1. The van der Waals surface area contributed by atoms with Crippen LogP contribution >= 0.6 is 0 Å². The molecule has 0 radical (unpaired) electrons. The van der Waals surface area contributed by atoms with Crippen molar-refractivity contribution in [2.75, 3.05) is 17.3 Å². The van der Waals surface area contributed by atoms with E-state index < -0.39 is 5.97 Å². The third kappa shape index (κ3) is 1.40. The number of amides is 1. The molecule has 90 valence electrons. The number of nitrogens with zero attached hydrogens (tertiary/aromatic N) is 1. The maximum atomic E-state index is 11.9. The summed E-state index contributed by atoms with van der Waals surface area (Å²) in [5.74, 6) is -0.702. The zero-order valence-electron chi connectivity index (χ0n) is 9.36. The molecule has 1 unspecified atom stereocenters. The minimum Gasteiger partial charge on any atom is -0.477 e. The van der Waals surface area contributed by atoms with Gasteiger partial charge >= 0.3 is 5.97 Å². The zero-order valence-corrected chi connectivity index (χ0v) is 9.36. The van der Waals surface area contributed by atoms with Crippen molar-refractivity contribution in [1.82, 2.24) is 4.98 Å². The van der Waals surface area contributed by atoms with Gasteiger partial charge < -0.3 is 20.3 Å². The lowest BCUT2D eigenvalue weighted by atomic mass is 10.1. The van der Waals surface area contributed by atoms with Gasteiger partial charge in [-0.3, -0.25) is 4.79 Å². The van der Waals surface area contributed by atoms with Crippen molar-refractivity contribution in [1.29, 1.82) is 0 Å². The molecule has 1 aromatic rings. The first-order valence-electron chi connectivity index (χ1n) is 5.58. The van der Waals surface area contributed by atoms with Crippen LogP contribution in [-0.2, 0) is 4.79 Å². The van der Waals surface area contributed by atoms with E-state index in [1.807, 2.05) is 0 Å². The zero-order chi connectivity index (χ0) is 12.2. The number of fused-ring (bicyclic) bond motifs is 1. The maximum Gasteiger partial charge on any atom is 0.354 e. The van der Waals surface area contributed by atoms with Gasteiger partial charge in [0.05, 0.1) is 11.4 Å². The third-order valence-corrected chi connectivity index (χ3v) is 3.43. The molecule has 2 aliphatic rings. The Morgan fingerprint density at radius 3 is 2.82 bits per heavy atom. The van der Waals surface area contributed by atoms with Gasteiger partial charge in [-0.2, -0.15) is 0 Å². The molecule has 6 nitrogen and oxygen atoms in total. The maximum absolute atomic E-state index is 11.9. The van der Waals surface area contributed by atoms with Crippen LogP contribution < -0.4 is 10.2 Å². The predicted molar refractivity (Wildman–Crippen MR) is 61.3 cm³/mol. The number of H-pyrrole nitrogens is 1. The smallest absolute Gasteiger partial charge is 0.354 e. The Kier molecular flexibility index (Phi) is 1.95. The number of carboxylic acids is 1. The van der Waals surface area contributed by atoms with Gasteiger partial charge in [-0.15, -0.1) is 0 Å². The van der Waals surface area contributed by atoms with E-state index in [2.05, 4.69) is 10.3 Å². The highest BCUT2D eigenvalue weighted by Gasteiger charge is 2.43. The molecule has 1 aliphatic carbocycles. The molecular weight excluding hydrogens is 222 g/mol. The average molecular weight is 235 g/mol. The quantitative estimate of drug-likeness (QED) is 0.710. The fourth-order valence-corrected chi connectivity index (χ4v) is 2.50. The Morgan fingerprint density at radius 2 is 2.24 bits per heavy atom. The average Bonchev–Trinajstić information content (AvgIpc) is 2.97. The lowest BCUT2D eigenvalue weighted by Gasteiger charge is -2.33. The molecule has 0 aromatic carbocycles. The summed E-state index contributed by atoms with van der Waals surface area (Å²) in [6.45, 7) is 0. The van der Waals surface area contributed by atoms with Gasteiger partial charge in [-0.1, -0.05) is 0 Å². The molecule has 2 heterocycles. The molecule has 1 fully saturated rings. The molecule has 1 aromatic heterocycles. The van der Waals surface area contributed by atoms with Crippen molar-refractivity contribution in [2.45, 2.75) is 18.9 Å². The van der Waals surface area contributed by atoms with E-state index in [4.69, 9.17) is 5.11 Å². The highest BCUT2D eigenvalue weighted by Crippen LogP contribution is 2.42. The van der Waals surface area contributed by atoms with Crippen LogP contribution in [-0.4, -0.2) is 35.1 Å². The molecule has 0 spiro atoms. The number of nitrogens with one attached hydrogen (secondary N) is 2. The number of anilines is 2. The fraction of sp³-hybridized carbons (Fsp3) is 0.455. The first-order chi connectivity index (χ1) is 8.09. The summed E-state index contributed by atoms with van der Waals surface area (Å²) in [5, 5.41) is 11.8. The summed E-state index contributed by atoms with van der Waals surface area (Å²) in [4.78, 5) is 27.5. The van der Waals surface area contributed by atoms with Gasteiger partial charge in [-0.05, 0) is 18.8 Å². The first-order valence-corrected chi connectivity index (χ1v) is 5.58. The second-order valence-electron chi connectivity index (χ2n) is 4.61. The largest absolute Gasteiger partial charge is 0.477 e. The molecular formula is C11H13N3O3. The number of hydrogen-bond acceptors (Lipinski definition) is 3. The highest BCUT2D eigenvalue weighted by molar-refractivity contribution is 6.08. The number of carbonyl (C=O) groups excluding carboxylic acids is 1. The molecule has 0 saturated heterocycles. The lowest BCUT2D eigenvalue weighted by Crippen LogP contribution is -2.47. The highest BCUT2D eigenvalue weighted by atomic mass is 16.4. The van der Waals surface area contributed by atoms with E-state index in [0.29, 0.717) is 17.3 Å². The number of aromatic amines is 1. The molecule has 3 N–H and O–H groups in total. The Labute approximate surface area is 97.6 Å². The van der Waals surface area contributed by atoms with Crippen molar-refractivity contribution in [3.05, 3.63) is 11.9 Å². The number of rotatable bonds is 2. The number of carbonyl (C=O) groups is 2. The molecule has 1 saturated carbocycles. The van der Waals surface area contributed by atoms with Crippen molar-refractivity contribution in [2.24, 2.45) is 5.92 Å². The van der Waals surface area contributed by atoms with Crippen molar-refractivity contribution in [3.8, 4) is 0 Å². The normalized spacial score (nSPS) is 23.2. The fourth-order valence-electron chi connectivity index (χ4n) is 2.50. The van der Waals surface area contributed by atoms with E-state index in [-0.39, 0.29) is 17.6 Å². The number of hydrogen-bond donors (Lipinski definition) is 3. The van der Waals surface area contributed by atoms with Crippen LogP contribution in [0, 0.1) is 5.92 Å². The van der Waals surface area contributed by atoms with Crippen LogP contribution in [0.15, 0.2) is 6.20 Å². The van der Waals surface area contributed by atoms with Gasteiger partial charge in [0.1, 0.15) is 6.04 Å². The monoisotopic (exact) mass is 235 g/mol. The standard InChI is InChI=1S/C11H13N3O3/c1-14-8(5-2-3-5)10(15)13-6-4-12-7(9(6)14)11(16)17/h4-5,8,12H,2-3H2,1H3,(H,13,15)(H,16,17). The van der Waals surface area contributed by atoms with E-state index in [9.17, 15) is 9.59 Å². The number of aromatic nitrogens is 1. The molecule has 1 atom stereocenters. The summed E-state index contributed by atoms with van der Waals surface area (Å²) in [7, 11) is 1.78. The van der Waals surface area contributed by atoms with Gasteiger partial charge in [0.2, 0.25) is 5.91 Å². The summed E-state index contributed by atoms with van der Waals surface area (Å²) in [5.41, 5.74) is 1.26. The Morgan fingerprint density at radius 1 is 1.53 bits per heavy atom. The SMILES string of the molecule is CN1c2c(c[nH]c2C(=O)O)NC(=O)C1C1CC1. The molecule has 17 heavy (non-hydrogen) atoms. The Hall–Kier alpha value is -1.98. The second-order valence-corrected chi connectivity index (χ2v) is 4.61. The predicted octanol–water partition coefficient (Wildman–Crippen LogP) is 0.880. The Balaban J connectivity index is 2.06. The van der Waals surface area contributed by atoms with Crippen LogP contribution in [0.3, 0.4) is 0 Å².